The molecule has 0 N–H and O–H groups in total. The van der Waals surface area contributed by atoms with Gasteiger partial charge in [0.2, 0.25) is 5.12 Å². The standard InChI is InChI=1S/C14H16N2OS2/c1-4-18-14-15-12(13(17)19-14)9-10-5-7-11(8-6-10)16(2)3/h5-9H,4H2,1-3H3. The largest absolute Gasteiger partial charge is 0.378 e. The molecule has 0 aliphatic carbocycles. The minimum atomic E-state index is 0.0348. The van der Waals surface area contributed by atoms with Gasteiger partial charge in [-0.3, -0.25) is 4.79 Å². The Kier molecular flexibility index (Phi) is 4.71. The van der Waals surface area contributed by atoms with E-state index in [4.69, 9.17) is 0 Å². The number of rotatable bonds is 3. The van der Waals surface area contributed by atoms with E-state index in [9.17, 15) is 4.79 Å². The van der Waals surface area contributed by atoms with Crippen molar-refractivity contribution in [3.05, 3.63) is 35.5 Å². The van der Waals surface area contributed by atoms with Crippen LogP contribution in [0.3, 0.4) is 0 Å². The molecule has 1 aromatic rings. The second kappa shape index (κ2) is 6.30. The van der Waals surface area contributed by atoms with Gasteiger partial charge in [-0.25, -0.2) is 4.99 Å². The van der Waals surface area contributed by atoms with Gasteiger partial charge in [0.05, 0.1) is 0 Å². The van der Waals surface area contributed by atoms with Crippen LogP contribution in [0, 0.1) is 0 Å². The molecule has 0 radical (unpaired) electrons. The van der Waals surface area contributed by atoms with Gasteiger partial charge in [-0.2, -0.15) is 0 Å². The fraction of sp³-hybridized carbons (Fsp3) is 0.286. The highest BCUT2D eigenvalue weighted by Crippen LogP contribution is 2.30. The van der Waals surface area contributed by atoms with E-state index in [2.05, 4.69) is 11.9 Å². The molecule has 1 heterocycles. The fourth-order valence-electron chi connectivity index (χ4n) is 1.60. The SMILES string of the molecule is CCSC1=NC(=Cc2ccc(N(C)C)cc2)C(=O)S1. The summed E-state index contributed by atoms with van der Waals surface area (Å²) >= 11 is 2.83. The first-order chi connectivity index (χ1) is 9.10. The highest BCUT2D eigenvalue weighted by molar-refractivity contribution is 8.45. The van der Waals surface area contributed by atoms with Crippen LogP contribution < -0.4 is 4.90 Å². The summed E-state index contributed by atoms with van der Waals surface area (Å²) in [6.07, 6.45) is 1.85. The molecule has 0 fully saturated rings. The van der Waals surface area contributed by atoms with Gasteiger partial charge in [-0.05, 0) is 41.3 Å². The monoisotopic (exact) mass is 292 g/mol. The van der Waals surface area contributed by atoms with Gasteiger partial charge in [-0.15, -0.1) is 0 Å². The molecular formula is C14H16N2OS2. The van der Waals surface area contributed by atoms with Crippen molar-refractivity contribution in [1.29, 1.82) is 0 Å². The van der Waals surface area contributed by atoms with Gasteiger partial charge in [0.1, 0.15) is 10.1 Å². The summed E-state index contributed by atoms with van der Waals surface area (Å²) in [6, 6.07) is 8.07. The Morgan fingerprint density at radius 1 is 1.32 bits per heavy atom. The van der Waals surface area contributed by atoms with Crippen LogP contribution in [-0.4, -0.2) is 29.3 Å². The molecule has 0 amide bonds. The maximum absolute atomic E-state index is 11.8. The van der Waals surface area contributed by atoms with Gasteiger partial charge in [0, 0.05) is 19.8 Å². The number of nitrogens with zero attached hydrogens (tertiary/aromatic N) is 2. The number of aliphatic imine (C=N–C) groups is 1. The first-order valence-corrected chi connectivity index (χ1v) is 7.83. The lowest BCUT2D eigenvalue weighted by Crippen LogP contribution is -2.07. The highest BCUT2D eigenvalue weighted by Gasteiger charge is 2.21. The van der Waals surface area contributed by atoms with E-state index in [1.165, 1.54) is 11.8 Å². The van der Waals surface area contributed by atoms with Crippen molar-refractivity contribution in [2.75, 3.05) is 24.7 Å². The fourth-order valence-corrected chi connectivity index (χ4v) is 3.34. The molecule has 100 valence electrons. The van der Waals surface area contributed by atoms with Gasteiger partial charge < -0.3 is 4.90 Å². The third-order valence-electron chi connectivity index (χ3n) is 2.58. The Labute approximate surface area is 122 Å². The molecule has 19 heavy (non-hydrogen) atoms. The first-order valence-electron chi connectivity index (χ1n) is 6.03. The third kappa shape index (κ3) is 3.64. The van der Waals surface area contributed by atoms with Crippen LogP contribution >= 0.6 is 23.5 Å². The second-order valence-electron chi connectivity index (χ2n) is 4.22. The first kappa shape index (κ1) is 14.2. The third-order valence-corrected chi connectivity index (χ3v) is 4.47. The van der Waals surface area contributed by atoms with Crippen LogP contribution in [0.25, 0.3) is 6.08 Å². The normalized spacial score (nSPS) is 16.9. The molecule has 0 aromatic heterocycles. The maximum Gasteiger partial charge on any atom is 0.244 e. The van der Waals surface area contributed by atoms with E-state index in [1.54, 1.807) is 11.8 Å². The number of anilines is 1. The van der Waals surface area contributed by atoms with E-state index in [1.807, 2.05) is 49.3 Å². The van der Waals surface area contributed by atoms with Crippen LogP contribution in [0.15, 0.2) is 35.0 Å². The minimum absolute atomic E-state index is 0.0348. The van der Waals surface area contributed by atoms with Crippen LogP contribution in [0.5, 0.6) is 0 Å². The van der Waals surface area contributed by atoms with Crippen LogP contribution in [0.4, 0.5) is 5.69 Å². The van der Waals surface area contributed by atoms with Crippen molar-refractivity contribution in [2.24, 2.45) is 4.99 Å². The van der Waals surface area contributed by atoms with Crippen molar-refractivity contribution in [2.45, 2.75) is 6.92 Å². The highest BCUT2D eigenvalue weighted by atomic mass is 32.2. The summed E-state index contributed by atoms with van der Waals surface area (Å²) in [7, 11) is 4.01. The van der Waals surface area contributed by atoms with E-state index in [-0.39, 0.29) is 5.12 Å². The molecule has 2 rings (SSSR count). The predicted molar refractivity (Wildman–Crippen MR) is 86.9 cm³/mol. The number of thioether (sulfide) groups is 2. The Balaban J connectivity index is 2.19. The van der Waals surface area contributed by atoms with Gasteiger partial charge in [-0.1, -0.05) is 30.8 Å². The molecular weight excluding hydrogens is 276 g/mol. The van der Waals surface area contributed by atoms with E-state index < -0.39 is 0 Å². The van der Waals surface area contributed by atoms with E-state index in [0.29, 0.717) is 5.70 Å². The summed E-state index contributed by atoms with van der Waals surface area (Å²) in [4.78, 5) is 18.2. The van der Waals surface area contributed by atoms with Crippen molar-refractivity contribution < 1.29 is 4.79 Å². The maximum atomic E-state index is 11.8. The molecule has 1 aliphatic rings. The molecule has 0 unspecified atom stereocenters. The van der Waals surface area contributed by atoms with Crippen molar-refractivity contribution in [3.63, 3.8) is 0 Å². The van der Waals surface area contributed by atoms with Gasteiger partial charge in [0.25, 0.3) is 0 Å². The lowest BCUT2D eigenvalue weighted by molar-refractivity contribution is -0.107. The van der Waals surface area contributed by atoms with Crippen LogP contribution in [-0.2, 0) is 4.79 Å². The van der Waals surface area contributed by atoms with Crippen LogP contribution in [0.2, 0.25) is 0 Å². The number of hydrogen-bond donors (Lipinski definition) is 0. The zero-order chi connectivity index (χ0) is 13.8. The summed E-state index contributed by atoms with van der Waals surface area (Å²) < 4.78 is 0.851. The Morgan fingerprint density at radius 3 is 2.58 bits per heavy atom. The van der Waals surface area contributed by atoms with Crippen molar-refractivity contribution >= 4 is 44.8 Å². The second-order valence-corrected chi connectivity index (χ2v) is 6.69. The van der Waals surface area contributed by atoms with E-state index >= 15 is 0 Å². The quantitative estimate of drug-likeness (QED) is 0.799. The Hall–Kier alpha value is -1.20. The van der Waals surface area contributed by atoms with Crippen LogP contribution in [0.1, 0.15) is 12.5 Å². The van der Waals surface area contributed by atoms with Gasteiger partial charge in [0.15, 0.2) is 0 Å². The summed E-state index contributed by atoms with van der Waals surface area (Å²) in [5.41, 5.74) is 2.68. The number of benzene rings is 1. The number of carbonyl (C=O) groups excluding carboxylic acids is 1. The molecule has 1 aliphatic heterocycles. The smallest absolute Gasteiger partial charge is 0.244 e. The Bertz CT molecular complexity index is 533. The van der Waals surface area contributed by atoms with Gasteiger partial charge >= 0.3 is 0 Å². The average molecular weight is 292 g/mol. The molecule has 0 spiro atoms. The lowest BCUT2D eigenvalue weighted by Gasteiger charge is -2.11. The average Bonchev–Trinajstić information content (AvgIpc) is 2.71. The predicted octanol–water partition coefficient (Wildman–Crippen LogP) is 3.48. The molecule has 3 nitrogen and oxygen atoms in total. The topological polar surface area (TPSA) is 32.7 Å². The number of carbonyl (C=O) groups is 1. The summed E-state index contributed by atoms with van der Waals surface area (Å²) in [5.74, 6) is 0.934. The molecule has 0 atom stereocenters. The zero-order valence-electron chi connectivity index (χ0n) is 11.2. The summed E-state index contributed by atoms with van der Waals surface area (Å²) in [5, 5.41) is 0.0348. The molecule has 0 saturated heterocycles. The number of hydrogen-bond acceptors (Lipinski definition) is 5. The van der Waals surface area contributed by atoms with E-state index in [0.717, 1.165) is 21.4 Å². The molecule has 0 saturated carbocycles. The summed E-state index contributed by atoms with van der Waals surface area (Å²) in [6.45, 7) is 2.06. The molecule has 1 aromatic carbocycles. The molecule has 0 bridgehead atoms. The van der Waals surface area contributed by atoms with Crippen molar-refractivity contribution in [3.8, 4) is 0 Å². The van der Waals surface area contributed by atoms with Crippen molar-refractivity contribution in [1.82, 2.24) is 0 Å². The zero-order valence-corrected chi connectivity index (χ0v) is 12.8. The lowest BCUT2D eigenvalue weighted by atomic mass is 10.1. The minimum Gasteiger partial charge on any atom is -0.378 e. The Morgan fingerprint density at radius 2 is 2.00 bits per heavy atom. The molecule has 5 heteroatoms.